The summed E-state index contributed by atoms with van der Waals surface area (Å²) < 4.78 is 23.9. The van der Waals surface area contributed by atoms with E-state index in [4.69, 9.17) is 5.73 Å². The van der Waals surface area contributed by atoms with Crippen molar-refractivity contribution in [3.63, 3.8) is 0 Å². The molecule has 5 nitrogen and oxygen atoms in total. The first kappa shape index (κ1) is 14.1. The number of nitrogens with two attached hydrogens (primary N) is 1. The number of nitrogens with zero attached hydrogens (tertiary/aromatic N) is 1. The number of hydrogen-bond donors (Lipinski definition) is 2. The van der Waals surface area contributed by atoms with E-state index in [0.717, 1.165) is 5.56 Å². The van der Waals surface area contributed by atoms with Gasteiger partial charge < -0.3 is 5.73 Å². The Kier molecular flexibility index (Phi) is 4.05. The Bertz CT molecular complexity index is 722. The number of para-hydroxylation sites is 1. The fourth-order valence-electron chi connectivity index (χ4n) is 1.56. The van der Waals surface area contributed by atoms with E-state index < -0.39 is 10.0 Å². The second kappa shape index (κ2) is 5.75. The molecule has 0 aromatic heterocycles. The summed E-state index contributed by atoms with van der Waals surface area (Å²) in [4.78, 5) is 2.32. The van der Waals surface area contributed by atoms with Gasteiger partial charge in [0.2, 0.25) is 0 Å². The summed E-state index contributed by atoms with van der Waals surface area (Å²) in [5.74, 6) is 0. The smallest absolute Gasteiger partial charge is 0.276 e. The molecule has 0 amide bonds. The molecule has 0 spiro atoms. The van der Waals surface area contributed by atoms with Crippen LogP contribution in [0, 0.1) is 6.92 Å². The van der Waals surface area contributed by atoms with E-state index in [1.54, 1.807) is 36.4 Å². The van der Waals surface area contributed by atoms with Crippen LogP contribution in [0.1, 0.15) is 11.1 Å². The van der Waals surface area contributed by atoms with Crippen LogP contribution in [0.25, 0.3) is 0 Å². The standard InChI is InChI=1S/C14H15N3O2S/c1-11-6-8-13(9-7-11)20(18,19)17-16-10-12-4-2-3-5-14(12)15/h2-10,17H,15H2,1H3/b16-10+. The van der Waals surface area contributed by atoms with Gasteiger partial charge in [-0.2, -0.15) is 13.5 Å². The molecule has 0 atom stereocenters. The molecular formula is C14H15N3O2S. The quantitative estimate of drug-likeness (QED) is 0.512. The third-order valence-corrected chi connectivity index (χ3v) is 3.94. The fourth-order valence-corrected chi connectivity index (χ4v) is 2.36. The lowest BCUT2D eigenvalue weighted by Crippen LogP contribution is -2.18. The van der Waals surface area contributed by atoms with Gasteiger partial charge in [-0.05, 0) is 25.1 Å². The van der Waals surface area contributed by atoms with Crippen molar-refractivity contribution in [2.24, 2.45) is 5.10 Å². The maximum Gasteiger partial charge on any atom is 0.276 e. The highest BCUT2D eigenvalue weighted by Crippen LogP contribution is 2.10. The summed E-state index contributed by atoms with van der Waals surface area (Å²) in [5.41, 5.74) is 7.91. The van der Waals surface area contributed by atoms with Crippen molar-refractivity contribution in [2.75, 3.05) is 5.73 Å². The van der Waals surface area contributed by atoms with E-state index in [1.807, 2.05) is 6.92 Å². The molecule has 0 unspecified atom stereocenters. The van der Waals surface area contributed by atoms with Crippen LogP contribution in [0.15, 0.2) is 58.5 Å². The van der Waals surface area contributed by atoms with Gasteiger partial charge >= 0.3 is 0 Å². The normalized spacial score (nSPS) is 11.7. The predicted molar refractivity (Wildman–Crippen MR) is 79.9 cm³/mol. The van der Waals surface area contributed by atoms with E-state index in [0.29, 0.717) is 11.3 Å². The Labute approximate surface area is 118 Å². The Morgan fingerprint density at radius 1 is 1.10 bits per heavy atom. The fraction of sp³-hybridized carbons (Fsp3) is 0.0714. The van der Waals surface area contributed by atoms with E-state index >= 15 is 0 Å². The maximum atomic E-state index is 12.0. The summed E-state index contributed by atoms with van der Waals surface area (Å²) in [6.07, 6.45) is 1.38. The first-order valence-corrected chi connectivity index (χ1v) is 7.43. The van der Waals surface area contributed by atoms with Crippen molar-refractivity contribution >= 4 is 21.9 Å². The Morgan fingerprint density at radius 2 is 1.75 bits per heavy atom. The van der Waals surface area contributed by atoms with Crippen LogP contribution in [0.5, 0.6) is 0 Å². The zero-order valence-corrected chi connectivity index (χ0v) is 11.8. The molecule has 0 heterocycles. The molecule has 0 fully saturated rings. The molecule has 2 aromatic carbocycles. The number of anilines is 1. The van der Waals surface area contributed by atoms with Crippen LogP contribution in [-0.4, -0.2) is 14.6 Å². The summed E-state index contributed by atoms with van der Waals surface area (Å²) >= 11 is 0. The van der Waals surface area contributed by atoms with Crippen LogP contribution < -0.4 is 10.6 Å². The highest BCUT2D eigenvalue weighted by molar-refractivity contribution is 7.89. The van der Waals surface area contributed by atoms with Gasteiger partial charge in [0.15, 0.2) is 0 Å². The lowest BCUT2D eigenvalue weighted by Gasteiger charge is -2.04. The monoisotopic (exact) mass is 289 g/mol. The number of hydrazone groups is 1. The third-order valence-electron chi connectivity index (χ3n) is 2.70. The number of hydrogen-bond acceptors (Lipinski definition) is 4. The predicted octanol–water partition coefficient (Wildman–Crippen LogP) is 1.89. The van der Waals surface area contributed by atoms with Gasteiger partial charge in [0.1, 0.15) is 0 Å². The minimum atomic E-state index is -3.65. The molecule has 2 aromatic rings. The van der Waals surface area contributed by atoms with Crippen molar-refractivity contribution in [3.8, 4) is 0 Å². The highest BCUT2D eigenvalue weighted by Gasteiger charge is 2.11. The molecule has 104 valence electrons. The van der Waals surface area contributed by atoms with E-state index in [9.17, 15) is 8.42 Å². The van der Waals surface area contributed by atoms with Crippen molar-refractivity contribution in [3.05, 3.63) is 59.7 Å². The topological polar surface area (TPSA) is 84.5 Å². The van der Waals surface area contributed by atoms with E-state index in [2.05, 4.69) is 9.93 Å². The molecular weight excluding hydrogens is 274 g/mol. The Balaban J connectivity index is 2.14. The van der Waals surface area contributed by atoms with Crippen LogP contribution in [-0.2, 0) is 10.0 Å². The molecule has 3 N–H and O–H groups in total. The highest BCUT2D eigenvalue weighted by atomic mass is 32.2. The summed E-state index contributed by atoms with van der Waals surface area (Å²) in [7, 11) is -3.65. The Morgan fingerprint density at radius 3 is 2.40 bits per heavy atom. The zero-order chi connectivity index (χ0) is 14.6. The number of benzene rings is 2. The van der Waals surface area contributed by atoms with Gasteiger partial charge in [-0.15, -0.1) is 0 Å². The average Bonchev–Trinajstić information content (AvgIpc) is 2.41. The van der Waals surface area contributed by atoms with E-state index in [1.165, 1.54) is 18.3 Å². The summed E-state index contributed by atoms with van der Waals surface area (Å²) in [6, 6.07) is 13.6. The average molecular weight is 289 g/mol. The molecule has 0 aliphatic carbocycles. The minimum Gasteiger partial charge on any atom is -0.398 e. The number of nitrogen functional groups attached to an aromatic ring is 1. The van der Waals surface area contributed by atoms with Gasteiger partial charge in [-0.25, -0.2) is 4.83 Å². The van der Waals surface area contributed by atoms with Crippen molar-refractivity contribution in [2.45, 2.75) is 11.8 Å². The Hall–Kier alpha value is -2.34. The number of rotatable bonds is 4. The molecule has 0 saturated carbocycles. The molecule has 0 aliphatic heterocycles. The van der Waals surface area contributed by atoms with Gasteiger partial charge in [0, 0.05) is 11.3 Å². The van der Waals surface area contributed by atoms with Crippen molar-refractivity contribution in [1.29, 1.82) is 0 Å². The SMILES string of the molecule is Cc1ccc(S(=O)(=O)N/N=C/c2ccccc2N)cc1. The van der Waals surface area contributed by atoms with Crippen LogP contribution in [0.2, 0.25) is 0 Å². The van der Waals surface area contributed by atoms with Crippen molar-refractivity contribution < 1.29 is 8.42 Å². The third kappa shape index (κ3) is 3.36. The van der Waals surface area contributed by atoms with Gasteiger partial charge in [-0.1, -0.05) is 35.9 Å². The van der Waals surface area contributed by atoms with Gasteiger partial charge in [0.25, 0.3) is 10.0 Å². The zero-order valence-electron chi connectivity index (χ0n) is 10.9. The van der Waals surface area contributed by atoms with Crippen LogP contribution in [0.3, 0.4) is 0 Å². The van der Waals surface area contributed by atoms with E-state index in [-0.39, 0.29) is 4.90 Å². The molecule has 0 bridgehead atoms. The summed E-state index contributed by atoms with van der Waals surface area (Å²) in [6.45, 7) is 1.89. The first-order valence-electron chi connectivity index (χ1n) is 5.95. The van der Waals surface area contributed by atoms with Crippen molar-refractivity contribution in [1.82, 2.24) is 4.83 Å². The number of nitrogens with one attached hydrogen (secondary N) is 1. The largest absolute Gasteiger partial charge is 0.398 e. The maximum absolute atomic E-state index is 12.0. The van der Waals surface area contributed by atoms with Gasteiger partial charge in [-0.3, -0.25) is 0 Å². The van der Waals surface area contributed by atoms with Crippen LogP contribution in [0.4, 0.5) is 5.69 Å². The second-order valence-corrected chi connectivity index (χ2v) is 5.96. The second-order valence-electron chi connectivity index (χ2n) is 4.29. The summed E-state index contributed by atoms with van der Waals surface area (Å²) in [5, 5.41) is 3.73. The lowest BCUT2D eigenvalue weighted by molar-refractivity contribution is 0.584. The molecule has 2 rings (SSSR count). The molecule has 20 heavy (non-hydrogen) atoms. The first-order chi connectivity index (χ1) is 9.49. The molecule has 0 radical (unpaired) electrons. The molecule has 0 aliphatic rings. The minimum absolute atomic E-state index is 0.168. The van der Waals surface area contributed by atoms with Crippen LogP contribution >= 0.6 is 0 Å². The number of aryl methyl sites for hydroxylation is 1. The van der Waals surface area contributed by atoms with Gasteiger partial charge in [0.05, 0.1) is 11.1 Å². The molecule has 0 saturated heterocycles. The lowest BCUT2D eigenvalue weighted by atomic mass is 10.2. The molecule has 6 heteroatoms. The number of sulfonamides is 1.